The lowest BCUT2D eigenvalue weighted by Crippen LogP contribution is -2.56. The van der Waals surface area contributed by atoms with Crippen LogP contribution >= 0.6 is 0 Å². The van der Waals surface area contributed by atoms with E-state index in [1.807, 2.05) is 20.8 Å². The van der Waals surface area contributed by atoms with Gasteiger partial charge in [0.2, 0.25) is 0 Å². The van der Waals surface area contributed by atoms with Crippen LogP contribution in [0.4, 0.5) is 0 Å². The minimum atomic E-state index is -2.65. The van der Waals surface area contributed by atoms with E-state index in [0.717, 1.165) is 51.7 Å². The predicted molar refractivity (Wildman–Crippen MR) is 122 cm³/mol. The molecule has 0 heterocycles. The van der Waals surface area contributed by atoms with E-state index >= 15 is 0 Å². The maximum atomic E-state index is 6.10. The highest BCUT2D eigenvalue weighted by atomic mass is 28.4. The Bertz CT molecular complexity index is 334. The highest BCUT2D eigenvalue weighted by Crippen LogP contribution is 2.13. The van der Waals surface area contributed by atoms with Gasteiger partial charge in [-0.3, -0.25) is 4.90 Å². The quantitative estimate of drug-likeness (QED) is 0.241. The maximum Gasteiger partial charge on any atom is 0.515 e. The van der Waals surface area contributed by atoms with E-state index < -0.39 is 8.80 Å². The minimum Gasteiger partial charge on any atom is -0.373 e. The van der Waals surface area contributed by atoms with Crippen LogP contribution in [0.5, 0.6) is 0 Å². The summed E-state index contributed by atoms with van der Waals surface area (Å²) in [6.45, 7) is 20.1. The lowest BCUT2D eigenvalue weighted by atomic mass is 10.2. The van der Waals surface area contributed by atoms with E-state index in [2.05, 4.69) is 42.9 Å². The Morgan fingerprint density at radius 1 is 0.821 bits per heavy atom. The lowest BCUT2D eigenvalue weighted by molar-refractivity contribution is 0.0559. The Morgan fingerprint density at radius 3 is 1.89 bits per heavy atom. The van der Waals surface area contributed by atoms with Crippen molar-refractivity contribution in [1.82, 2.24) is 15.1 Å². The van der Waals surface area contributed by atoms with Gasteiger partial charge in [-0.1, -0.05) is 13.8 Å². The van der Waals surface area contributed by atoms with Crippen molar-refractivity contribution in [2.24, 2.45) is 0 Å². The summed E-state index contributed by atoms with van der Waals surface area (Å²) in [5.41, 5.74) is 0. The molecule has 1 N–H and O–H groups in total. The van der Waals surface area contributed by atoms with Gasteiger partial charge in [0.15, 0.2) is 0 Å². The molecule has 0 rings (SSSR count). The Balaban J connectivity index is 4.84. The number of nitrogens with zero attached hydrogens (tertiary/aromatic N) is 2. The van der Waals surface area contributed by atoms with Gasteiger partial charge in [-0.2, -0.15) is 0 Å². The van der Waals surface area contributed by atoms with Gasteiger partial charge in [0, 0.05) is 25.9 Å². The normalized spacial score (nSPS) is 13.6. The van der Waals surface area contributed by atoms with Crippen molar-refractivity contribution < 1.29 is 13.3 Å². The lowest BCUT2D eigenvalue weighted by Gasteiger charge is -2.34. The summed E-state index contributed by atoms with van der Waals surface area (Å²) < 4.78 is 18.3. The summed E-state index contributed by atoms with van der Waals surface area (Å²) in [4.78, 5) is 4.92. The Hall–Kier alpha value is -0.0231. The van der Waals surface area contributed by atoms with Crippen molar-refractivity contribution in [2.75, 3.05) is 65.8 Å². The molecule has 0 aliphatic carbocycles. The molecule has 0 fully saturated rings. The highest BCUT2D eigenvalue weighted by Gasteiger charge is 2.42. The summed E-state index contributed by atoms with van der Waals surface area (Å²) >= 11 is 0. The molecule has 0 bridgehead atoms. The average Bonchev–Trinajstić information content (AvgIpc) is 2.65. The zero-order valence-electron chi connectivity index (χ0n) is 19.9. The van der Waals surface area contributed by atoms with Crippen LogP contribution < -0.4 is 5.32 Å². The molecule has 1 unspecified atom stereocenters. The Kier molecular flexibility index (Phi) is 17.8. The van der Waals surface area contributed by atoms with Crippen molar-refractivity contribution in [3.05, 3.63) is 0 Å². The molecule has 0 spiro atoms. The topological polar surface area (TPSA) is 46.2 Å². The largest absolute Gasteiger partial charge is 0.515 e. The molecule has 0 saturated carbocycles. The molecule has 28 heavy (non-hydrogen) atoms. The van der Waals surface area contributed by atoms with E-state index in [0.29, 0.717) is 25.9 Å². The zero-order valence-corrected chi connectivity index (χ0v) is 20.9. The smallest absolute Gasteiger partial charge is 0.373 e. The van der Waals surface area contributed by atoms with Crippen LogP contribution in [0.1, 0.15) is 67.2 Å². The van der Waals surface area contributed by atoms with Crippen LogP contribution in [0.3, 0.4) is 0 Å². The van der Waals surface area contributed by atoms with Crippen molar-refractivity contribution in [2.45, 2.75) is 73.3 Å². The molecule has 7 heteroatoms. The van der Waals surface area contributed by atoms with E-state index in [4.69, 9.17) is 13.3 Å². The van der Waals surface area contributed by atoms with Gasteiger partial charge >= 0.3 is 8.80 Å². The molecule has 170 valence electrons. The van der Waals surface area contributed by atoms with Crippen LogP contribution in [0.15, 0.2) is 0 Å². The van der Waals surface area contributed by atoms with Gasteiger partial charge in [0.25, 0.3) is 0 Å². The SMILES string of the molecule is CCCN(C)CCCN(CCCNC(C)CC)C[Si](OCC)(OCC)OCC. The predicted octanol–water partition coefficient (Wildman–Crippen LogP) is 3.39. The van der Waals surface area contributed by atoms with E-state index in [1.54, 1.807) is 0 Å². The molecule has 0 aromatic carbocycles. The van der Waals surface area contributed by atoms with Crippen LogP contribution in [0.25, 0.3) is 0 Å². The fraction of sp³-hybridized carbons (Fsp3) is 1.00. The molecule has 0 radical (unpaired) electrons. The Labute approximate surface area is 176 Å². The third-order valence-electron chi connectivity index (χ3n) is 4.89. The van der Waals surface area contributed by atoms with E-state index in [-0.39, 0.29) is 0 Å². The second-order valence-corrected chi connectivity index (χ2v) is 10.1. The summed E-state index contributed by atoms with van der Waals surface area (Å²) in [7, 11) is -0.436. The summed E-state index contributed by atoms with van der Waals surface area (Å²) in [5, 5.41) is 3.60. The third kappa shape index (κ3) is 13.2. The number of hydrogen-bond acceptors (Lipinski definition) is 6. The summed E-state index contributed by atoms with van der Waals surface area (Å²) in [6, 6.07) is 0.583. The average molecular weight is 420 g/mol. The fourth-order valence-corrected chi connectivity index (χ4v) is 6.03. The summed E-state index contributed by atoms with van der Waals surface area (Å²) in [6.07, 6.45) is 5.44. The molecule has 0 amide bonds. The van der Waals surface area contributed by atoms with E-state index in [1.165, 1.54) is 12.8 Å². The minimum absolute atomic E-state index is 0.583. The van der Waals surface area contributed by atoms with Crippen molar-refractivity contribution in [3.8, 4) is 0 Å². The van der Waals surface area contributed by atoms with E-state index in [9.17, 15) is 0 Å². The van der Waals surface area contributed by atoms with Gasteiger partial charge in [0.05, 0.1) is 6.17 Å². The first-order chi connectivity index (χ1) is 13.5. The highest BCUT2D eigenvalue weighted by molar-refractivity contribution is 6.60. The summed E-state index contributed by atoms with van der Waals surface area (Å²) in [5.74, 6) is 0. The van der Waals surface area contributed by atoms with Gasteiger partial charge in [0.1, 0.15) is 0 Å². The van der Waals surface area contributed by atoms with Crippen LogP contribution in [-0.4, -0.2) is 90.4 Å². The molecule has 0 aliphatic heterocycles. The number of nitrogens with one attached hydrogen (secondary N) is 1. The fourth-order valence-electron chi connectivity index (χ4n) is 3.32. The first kappa shape index (κ1) is 28.0. The van der Waals surface area contributed by atoms with Crippen molar-refractivity contribution >= 4 is 8.80 Å². The Morgan fingerprint density at radius 2 is 1.39 bits per heavy atom. The molecular weight excluding hydrogens is 370 g/mol. The van der Waals surface area contributed by atoms with Crippen molar-refractivity contribution in [1.29, 1.82) is 0 Å². The van der Waals surface area contributed by atoms with Crippen LogP contribution in [0, 0.1) is 0 Å². The molecule has 0 saturated heterocycles. The first-order valence-corrected chi connectivity index (χ1v) is 13.5. The molecule has 6 nitrogen and oxygen atoms in total. The van der Waals surface area contributed by atoms with Gasteiger partial charge < -0.3 is 23.5 Å². The standard InChI is InChI=1S/C21H49N3O3Si/c1-8-16-23(7)17-14-19-24(18-13-15-22-21(6)9-2)20-28(25-10-3,26-11-4)27-12-5/h21-22H,8-20H2,1-7H3. The third-order valence-corrected chi connectivity index (χ3v) is 7.91. The number of rotatable bonds is 20. The monoisotopic (exact) mass is 419 g/mol. The molecule has 0 aromatic rings. The molecule has 0 aromatic heterocycles. The first-order valence-electron chi connectivity index (χ1n) is 11.5. The molecule has 1 atom stereocenters. The molecular formula is C21H49N3O3Si. The van der Waals surface area contributed by atoms with Crippen LogP contribution in [-0.2, 0) is 13.3 Å². The molecule has 0 aliphatic rings. The zero-order chi connectivity index (χ0) is 21.3. The van der Waals surface area contributed by atoms with Gasteiger partial charge in [-0.05, 0) is 93.1 Å². The number of hydrogen-bond donors (Lipinski definition) is 1. The van der Waals surface area contributed by atoms with Gasteiger partial charge in [-0.25, -0.2) is 0 Å². The maximum absolute atomic E-state index is 6.10. The van der Waals surface area contributed by atoms with Crippen molar-refractivity contribution in [3.63, 3.8) is 0 Å². The van der Waals surface area contributed by atoms with Crippen LogP contribution in [0.2, 0.25) is 0 Å². The second kappa shape index (κ2) is 17.8. The van der Waals surface area contributed by atoms with Gasteiger partial charge in [-0.15, -0.1) is 0 Å². The second-order valence-electron chi connectivity index (χ2n) is 7.53.